The first-order chi connectivity index (χ1) is 48.2. The maximum atomic E-state index is 13.1. The van der Waals surface area contributed by atoms with Crippen LogP contribution in [0.5, 0.6) is 0 Å². The average molecular weight is 1460 g/mol. The molecule has 0 bridgehead atoms. The quantitative estimate of drug-likeness (QED) is 0.0169. The van der Waals surface area contributed by atoms with E-state index in [9.17, 15) is 43.2 Å². The first-order valence-electron chi connectivity index (χ1n) is 41.2. The molecule has 0 spiro atoms. The Morgan fingerprint density at radius 3 is 0.810 bits per heavy atom. The monoisotopic (exact) mass is 1460 g/mol. The van der Waals surface area contributed by atoms with Crippen LogP contribution < -0.4 is 0 Å². The molecule has 0 radical (unpaired) electrons. The van der Waals surface area contributed by atoms with E-state index in [0.29, 0.717) is 31.6 Å². The SMILES string of the molecule is CCCCCC/C=C\C=C/CCCCCCCC(=O)O[C@H](COC(=O)CCCCCCCCCCCCCCCCCCC(C)C)COP(=O)(O)OCC(O)COP(=O)(O)OC[C@@H](COC(=O)CCCCCCCCCC(C)C)OC(=O)CCCCCCCCCCCCCCCC(C)C. The highest BCUT2D eigenvalue weighted by Crippen LogP contribution is 2.45. The number of allylic oxidation sites excluding steroid dienone is 4. The maximum absolute atomic E-state index is 13.1. The van der Waals surface area contributed by atoms with Gasteiger partial charge in [0, 0.05) is 25.7 Å². The van der Waals surface area contributed by atoms with E-state index in [4.69, 9.17) is 37.0 Å². The van der Waals surface area contributed by atoms with Crippen LogP contribution in [0.15, 0.2) is 24.3 Å². The highest BCUT2D eigenvalue weighted by molar-refractivity contribution is 7.47. The van der Waals surface area contributed by atoms with Crippen LogP contribution in [0.25, 0.3) is 0 Å². The van der Waals surface area contributed by atoms with Crippen LogP contribution in [-0.4, -0.2) is 96.7 Å². The Morgan fingerprint density at radius 2 is 0.540 bits per heavy atom. The first kappa shape index (κ1) is 97.5. The molecule has 100 heavy (non-hydrogen) atoms. The number of phosphoric ester groups is 2. The van der Waals surface area contributed by atoms with Crippen LogP contribution in [0, 0.1) is 17.8 Å². The van der Waals surface area contributed by atoms with Crippen molar-refractivity contribution in [1.29, 1.82) is 0 Å². The Balaban J connectivity index is 5.26. The van der Waals surface area contributed by atoms with E-state index in [2.05, 4.69) is 72.8 Å². The van der Waals surface area contributed by atoms with E-state index in [1.165, 1.54) is 186 Å². The van der Waals surface area contributed by atoms with Gasteiger partial charge >= 0.3 is 39.5 Å². The molecule has 0 rings (SSSR count). The van der Waals surface area contributed by atoms with Gasteiger partial charge in [-0.1, -0.05) is 342 Å². The van der Waals surface area contributed by atoms with Crippen LogP contribution in [0.4, 0.5) is 0 Å². The summed E-state index contributed by atoms with van der Waals surface area (Å²) >= 11 is 0. The molecule has 0 aromatic carbocycles. The molecule has 0 aromatic rings. The zero-order chi connectivity index (χ0) is 73.7. The summed E-state index contributed by atoms with van der Waals surface area (Å²) in [7, 11) is -9.93. The molecule has 17 nitrogen and oxygen atoms in total. The van der Waals surface area contributed by atoms with Crippen molar-refractivity contribution in [2.24, 2.45) is 17.8 Å². The predicted octanol–water partition coefficient (Wildman–Crippen LogP) is 23.7. The molecule has 3 unspecified atom stereocenters. The van der Waals surface area contributed by atoms with E-state index in [-0.39, 0.29) is 25.7 Å². The molecule has 0 aliphatic carbocycles. The van der Waals surface area contributed by atoms with Crippen LogP contribution >= 0.6 is 15.6 Å². The first-order valence-corrected chi connectivity index (χ1v) is 44.2. The van der Waals surface area contributed by atoms with Gasteiger partial charge in [0.2, 0.25) is 0 Å². The minimum absolute atomic E-state index is 0.0851. The number of unbranched alkanes of at least 4 members (excludes halogenated alkanes) is 42. The Kier molecular flexibility index (Phi) is 69.1. The van der Waals surface area contributed by atoms with Gasteiger partial charge in [0.05, 0.1) is 26.4 Å². The summed E-state index contributed by atoms with van der Waals surface area (Å²) in [6.45, 7) is 11.9. The van der Waals surface area contributed by atoms with Gasteiger partial charge in [-0.15, -0.1) is 0 Å². The van der Waals surface area contributed by atoms with Crippen LogP contribution in [0.3, 0.4) is 0 Å². The van der Waals surface area contributed by atoms with E-state index in [1.54, 1.807) is 0 Å². The lowest BCUT2D eigenvalue weighted by Crippen LogP contribution is -2.30. The maximum Gasteiger partial charge on any atom is 0.472 e. The number of phosphoric acid groups is 2. The molecule has 0 fully saturated rings. The molecule has 0 amide bonds. The molecule has 0 aliphatic rings. The van der Waals surface area contributed by atoms with Crippen LogP contribution in [0.1, 0.15) is 395 Å². The molecule has 590 valence electrons. The van der Waals surface area contributed by atoms with Crippen LogP contribution in [0.2, 0.25) is 0 Å². The van der Waals surface area contributed by atoms with Gasteiger partial charge in [0.1, 0.15) is 19.3 Å². The Labute approximate surface area is 612 Å². The second-order valence-corrected chi connectivity index (χ2v) is 32.8. The Morgan fingerprint density at radius 1 is 0.310 bits per heavy atom. The number of aliphatic hydroxyl groups excluding tert-OH is 1. The fourth-order valence-electron chi connectivity index (χ4n) is 11.9. The highest BCUT2D eigenvalue weighted by atomic mass is 31.2. The third-order valence-corrected chi connectivity index (χ3v) is 20.2. The smallest absolute Gasteiger partial charge is 0.462 e. The number of hydrogen-bond acceptors (Lipinski definition) is 15. The van der Waals surface area contributed by atoms with Crippen molar-refractivity contribution >= 4 is 39.5 Å². The lowest BCUT2D eigenvalue weighted by molar-refractivity contribution is -0.161. The normalized spacial score (nSPS) is 14.1. The fraction of sp³-hybridized carbons (Fsp3) is 0.901. The standard InChI is InChI=1S/C81H154O17P2/c1-8-9-10-11-12-13-14-15-18-25-30-35-42-50-57-64-80(85)97-76(68-91-78(83)62-55-48-41-34-29-24-20-17-16-19-22-27-32-38-45-52-59-72(2)3)70-95-99(87,88)93-66-75(82)67-94-100(89,90)96-71-77(69-92-79(84)63-56-49-44-37-40-47-54-61-74(6)7)98-81(86)65-58-51-43-36-31-26-21-23-28-33-39-46-53-60-73(4)5/h13-15,18,72-77,82H,8-12,16-17,19-71H2,1-7H3,(H,87,88)(H,89,90)/b14-13-,18-15-/t75?,76-,77-/m1/s1. The number of rotatable bonds is 77. The topological polar surface area (TPSA) is 237 Å². The van der Waals surface area contributed by atoms with E-state index in [0.717, 1.165) is 121 Å². The Bertz CT molecular complexity index is 2030. The summed E-state index contributed by atoms with van der Waals surface area (Å²) in [5, 5.41) is 10.6. The lowest BCUT2D eigenvalue weighted by atomic mass is 10.0. The van der Waals surface area contributed by atoms with Gasteiger partial charge < -0.3 is 33.8 Å². The van der Waals surface area contributed by atoms with E-state index in [1.807, 2.05) is 0 Å². The summed E-state index contributed by atoms with van der Waals surface area (Å²) in [5.41, 5.74) is 0. The summed E-state index contributed by atoms with van der Waals surface area (Å²) < 4.78 is 68.6. The zero-order valence-corrected chi connectivity index (χ0v) is 66.9. The molecule has 0 aliphatic heterocycles. The van der Waals surface area contributed by atoms with E-state index < -0.39 is 97.5 Å². The number of carbonyl (C=O) groups is 4. The van der Waals surface area contributed by atoms with Crippen molar-refractivity contribution in [2.45, 2.75) is 414 Å². The van der Waals surface area contributed by atoms with Crippen molar-refractivity contribution in [3.05, 3.63) is 24.3 Å². The predicted molar refractivity (Wildman–Crippen MR) is 409 cm³/mol. The third-order valence-electron chi connectivity index (χ3n) is 18.3. The van der Waals surface area contributed by atoms with Gasteiger partial charge in [-0.25, -0.2) is 9.13 Å². The molecule has 0 aromatic heterocycles. The number of carbonyl (C=O) groups excluding carboxylic acids is 4. The number of ether oxygens (including phenoxy) is 4. The third kappa shape index (κ3) is 73.8. The van der Waals surface area contributed by atoms with E-state index >= 15 is 0 Å². The summed E-state index contributed by atoms with van der Waals surface area (Å²) in [5.74, 6) is 0.157. The fourth-order valence-corrected chi connectivity index (χ4v) is 13.5. The van der Waals surface area contributed by atoms with Gasteiger partial charge in [0.15, 0.2) is 12.2 Å². The zero-order valence-electron chi connectivity index (χ0n) is 65.2. The minimum atomic E-state index is -4.97. The minimum Gasteiger partial charge on any atom is -0.462 e. The molecule has 3 N–H and O–H groups in total. The van der Waals surface area contributed by atoms with Crippen LogP contribution in [-0.2, 0) is 65.4 Å². The van der Waals surface area contributed by atoms with Gasteiger partial charge in [-0.05, 0) is 69.1 Å². The van der Waals surface area contributed by atoms with Crippen molar-refractivity contribution in [3.8, 4) is 0 Å². The molecule has 19 heteroatoms. The van der Waals surface area contributed by atoms with Gasteiger partial charge in [-0.2, -0.15) is 0 Å². The molecular weight excluding hydrogens is 1310 g/mol. The summed E-state index contributed by atoms with van der Waals surface area (Å²) in [6.07, 6.45) is 61.9. The molecular formula is C81H154O17P2. The van der Waals surface area contributed by atoms with Crippen molar-refractivity contribution in [3.63, 3.8) is 0 Å². The average Bonchev–Trinajstić information content (AvgIpc) is 0.969. The van der Waals surface area contributed by atoms with Crippen molar-refractivity contribution in [1.82, 2.24) is 0 Å². The lowest BCUT2D eigenvalue weighted by Gasteiger charge is -2.21. The highest BCUT2D eigenvalue weighted by Gasteiger charge is 2.30. The largest absolute Gasteiger partial charge is 0.472 e. The Hall–Kier alpha value is -2.46. The number of hydrogen-bond donors (Lipinski definition) is 3. The number of aliphatic hydroxyl groups is 1. The van der Waals surface area contributed by atoms with Gasteiger partial charge in [0.25, 0.3) is 0 Å². The molecule has 0 heterocycles. The van der Waals surface area contributed by atoms with Crippen molar-refractivity contribution in [2.75, 3.05) is 39.6 Å². The second-order valence-electron chi connectivity index (χ2n) is 29.9. The number of esters is 4. The van der Waals surface area contributed by atoms with Crippen molar-refractivity contribution < 1.29 is 80.2 Å². The molecule has 5 atom stereocenters. The molecule has 0 saturated carbocycles. The van der Waals surface area contributed by atoms with Gasteiger partial charge in [-0.3, -0.25) is 37.3 Å². The second kappa shape index (κ2) is 70.8. The molecule has 0 saturated heterocycles. The summed E-state index contributed by atoms with van der Waals surface area (Å²) in [4.78, 5) is 73.0. The summed E-state index contributed by atoms with van der Waals surface area (Å²) in [6, 6.07) is 0.